The van der Waals surface area contributed by atoms with Gasteiger partial charge < -0.3 is 5.32 Å². The van der Waals surface area contributed by atoms with Crippen molar-refractivity contribution in [3.05, 3.63) is 29.8 Å². The van der Waals surface area contributed by atoms with Crippen LogP contribution < -0.4 is 5.32 Å². The van der Waals surface area contributed by atoms with E-state index in [2.05, 4.69) is 31.8 Å². The quantitative estimate of drug-likeness (QED) is 0.814. The van der Waals surface area contributed by atoms with Gasteiger partial charge in [-0.1, -0.05) is 26.0 Å². The monoisotopic (exact) mass is 277 g/mol. The van der Waals surface area contributed by atoms with Crippen LogP contribution in [0.15, 0.2) is 29.2 Å². The first-order valence-corrected chi connectivity index (χ1v) is 7.56. The Morgan fingerprint density at radius 2 is 1.89 bits per heavy atom. The minimum absolute atomic E-state index is 0.138. The molecule has 104 valence electrons. The summed E-state index contributed by atoms with van der Waals surface area (Å²) in [5, 5.41) is 3.17. The fraction of sp³-hybridized carbons (Fsp3) is 0.562. The summed E-state index contributed by atoms with van der Waals surface area (Å²) >= 11 is 4.25. The molecular weight excluding hydrogens is 254 g/mol. The average Bonchev–Trinajstić information content (AvgIpc) is 2.37. The number of hydrogen-bond acceptors (Lipinski definition) is 2. The first-order chi connectivity index (χ1) is 9.04. The highest BCUT2D eigenvalue weighted by atomic mass is 32.1. The molecule has 1 saturated carbocycles. The Morgan fingerprint density at radius 1 is 1.21 bits per heavy atom. The van der Waals surface area contributed by atoms with Crippen LogP contribution in [-0.4, -0.2) is 11.9 Å². The van der Waals surface area contributed by atoms with Gasteiger partial charge in [-0.15, -0.1) is 12.6 Å². The summed E-state index contributed by atoms with van der Waals surface area (Å²) in [6.45, 7) is 4.59. The number of hydrogen-bond donors (Lipinski definition) is 2. The van der Waals surface area contributed by atoms with E-state index in [0.717, 1.165) is 29.2 Å². The van der Waals surface area contributed by atoms with E-state index in [4.69, 9.17) is 0 Å². The number of thiol groups is 1. The summed E-state index contributed by atoms with van der Waals surface area (Å²) in [6.07, 6.45) is 3.92. The molecule has 3 heteroatoms. The fourth-order valence-electron chi connectivity index (χ4n) is 2.76. The molecule has 1 fully saturated rings. The second kappa shape index (κ2) is 6.47. The fourth-order valence-corrected chi connectivity index (χ4v) is 2.91. The molecule has 1 amide bonds. The van der Waals surface area contributed by atoms with Crippen molar-refractivity contribution < 1.29 is 4.79 Å². The average molecular weight is 277 g/mol. The van der Waals surface area contributed by atoms with Gasteiger partial charge in [-0.3, -0.25) is 4.79 Å². The largest absolute Gasteiger partial charge is 0.353 e. The highest BCUT2D eigenvalue weighted by molar-refractivity contribution is 7.80. The Kier molecular flexibility index (Phi) is 4.92. The highest BCUT2D eigenvalue weighted by Gasteiger charge is 2.25. The minimum atomic E-state index is 0.138. The van der Waals surface area contributed by atoms with Crippen LogP contribution >= 0.6 is 12.6 Å². The number of carbonyl (C=O) groups is 1. The SMILES string of the molecule is CC1CCC(NC(=O)Cc2ccc(S)cc2)CC1C. The molecule has 0 radical (unpaired) electrons. The Labute approximate surface area is 121 Å². The van der Waals surface area contributed by atoms with Crippen LogP contribution in [0.25, 0.3) is 0 Å². The van der Waals surface area contributed by atoms with Crippen molar-refractivity contribution >= 4 is 18.5 Å². The number of benzene rings is 1. The summed E-state index contributed by atoms with van der Waals surface area (Å²) in [5.74, 6) is 1.64. The third-order valence-corrected chi connectivity index (χ3v) is 4.56. The molecule has 2 nitrogen and oxygen atoms in total. The molecule has 3 atom stereocenters. The zero-order chi connectivity index (χ0) is 13.8. The number of rotatable bonds is 3. The smallest absolute Gasteiger partial charge is 0.224 e. The molecule has 0 aliphatic heterocycles. The van der Waals surface area contributed by atoms with Gasteiger partial charge >= 0.3 is 0 Å². The summed E-state index contributed by atoms with van der Waals surface area (Å²) < 4.78 is 0. The van der Waals surface area contributed by atoms with Gasteiger partial charge in [-0.2, -0.15) is 0 Å². The van der Waals surface area contributed by atoms with Gasteiger partial charge in [0.15, 0.2) is 0 Å². The standard InChI is InChI=1S/C16H23NOS/c1-11-3-6-14(9-12(11)2)17-16(18)10-13-4-7-15(19)8-5-13/h4-5,7-8,11-12,14,19H,3,6,9-10H2,1-2H3,(H,17,18). The lowest BCUT2D eigenvalue weighted by atomic mass is 9.79. The summed E-state index contributed by atoms with van der Waals surface area (Å²) in [7, 11) is 0. The van der Waals surface area contributed by atoms with Crippen LogP contribution in [0.3, 0.4) is 0 Å². The Bertz CT molecular complexity index is 429. The predicted molar refractivity (Wildman–Crippen MR) is 81.5 cm³/mol. The van der Waals surface area contributed by atoms with Crippen LogP contribution in [-0.2, 0) is 11.2 Å². The number of carbonyl (C=O) groups excluding carboxylic acids is 1. The van der Waals surface area contributed by atoms with E-state index in [1.54, 1.807) is 0 Å². The maximum absolute atomic E-state index is 12.0. The van der Waals surface area contributed by atoms with Crippen molar-refractivity contribution in [2.45, 2.75) is 50.5 Å². The van der Waals surface area contributed by atoms with Crippen LogP contribution in [0.4, 0.5) is 0 Å². The van der Waals surface area contributed by atoms with Crippen molar-refractivity contribution in [3.63, 3.8) is 0 Å². The van der Waals surface area contributed by atoms with Crippen LogP contribution in [0.1, 0.15) is 38.7 Å². The Morgan fingerprint density at radius 3 is 2.53 bits per heavy atom. The van der Waals surface area contributed by atoms with Crippen molar-refractivity contribution in [2.24, 2.45) is 11.8 Å². The minimum Gasteiger partial charge on any atom is -0.353 e. The molecule has 0 aromatic heterocycles. The molecular formula is C16H23NOS. The zero-order valence-corrected chi connectivity index (χ0v) is 12.6. The van der Waals surface area contributed by atoms with Gasteiger partial charge in [-0.25, -0.2) is 0 Å². The topological polar surface area (TPSA) is 29.1 Å². The molecule has 1 aliphatic rings. The molecule has 1 aromatic rings. The number of amides is 1. The van der Waals surface area contributed by atoms with E-state index >= 15 is 0 Å². The van der Waals surface area contributed by atoms with Crippen LogP contribution in [0, 0.1) is 11.8 Å². The predicted octanol–water partition coefficient (Wildman–Crippen LogP) is 3.46. The summed E-state index contributed by atoms with van der Waals surface area (Å²) in [4.78, 5) is 13.0. The normalized spacial score (nSPS) is 27.0. The molecule has 0 saturated heterocycles. The van der Waals surface area contributed by atoms with E-state index in [-0.39, 0.29) is 5.91 Å². The third kappa shape index (κ3) is 4.27. The van der Waals surface area contributed by atoms with Gasteiger partial charge in [-0.05, 0) is 48.8 Å². The summed E-state index contributed by atoms with van der Waals surface area (Å²) in [6, 6.07) is 8.15. The van der Waals surface area contributed by atoms with Crippen molar-refractivity contribution in [3.8, 4) is 0 Å². The van der Waals surface area contributed by atoms with Crippen LogP contribution in [0.2, 0.25) is 0 Å². The van der Waals surface area contributed by atoms with Crippen molar-refractivity contribution in [1.29, 1.82) is 0 Å². The maximum Gasteiger partial charge on any atom is 0.224 e. The van der Waals surface area contributed by atoms with E-state index in [1.807, 2.05) is 24.3 Å². The molecule has 0 bridgehead atoms. The Hall–Kier alpha value is -0.960. The van der Waals surface area contributed by atoms with E-state index < -0.39 is 0 Å². The second-order valence-corrected chi connectivity index (χ2v) is 6.39. The molecule has 3 unspecified atom stereocenters. The summed E-state index contributed by atoms with van der Waals surface area (Å²) in [5.41, 5.74) is 1.05. The third-order valence-electron chi connectivity index (χ3n) is 4.26. The lowest BCUT2D eigenvalue weighted by molar-refractivity contribution is -0.121. The van der Waals surface area contributed by atoms with Gasteiger partial charge in [0.25, 0.3) is 0 Å². The molecule has 0 spiro atoms. The first-order valence-electron chi connectivity index (χ1n) is 7.12. The van der Waals surface area contributed by atoms with Gasteiger partial charge in [0.05, 0.1) is 6.42 Å². The van der Waals surface area contributed by atoms with Gasteiger partial charge in [0.1, 0.15) is 0 Å². The van der Waals surface area contributed by atoms with E-state index in [1.165, 1.54) is 6.42 Å². The lowest BCUT2D eigenvalue weighted by Gasteiger charge is -2.32. The highest BCUT2D eigenvalue weighted by Crippen LogP contribution is 2.29. The second-order valence-electron chi connectivity index (χ2n) is 5.88. The van der Waals surface area contributed by atoms with Gasteiger partial charge in [0.2, 0.25) is 5.91 Å². The molecule has 1 aliphatic carbocycles. The van der Waals surface area contributed by atoms with E-state index in [0.29, 0.717) is 18.4 Å². The van der Waals surface area contributed by atoms with Crippen molar-refractivity contribution in [2.75, 3.05) is 0 Å². The Balaban J connectivity index is 1.83. The molecule has 19 heavy (non-hydrogen) atoms. The lowest BCUT2D eigenvalue weighted by Crippen LogP contribution is -2.40. The van der Waals surface area contributed by atoms with Gasteiger partial charge in [0, 0.05) is 10.9 Å². The molecule has 0 heterocycles. The van der Waals surface area contributed by atoms with Crippen LogP contribution in [0.5, 0.6) is 0 Å². The zero-order valence-electron chi connectivity index (χ0n) is 11.7. The van der Waals surface area contributed by atoms with E-state index in [9.17, 15) is 4.79 Å². The number of nitrogens with one attached hydrogen (secondary N) is 1. The first kappa shape index (κ1) is 14.4. The molecule has 1 aromatic carbocycles. The molecule has 2 rings (SSSR count). The molecule has 1 N–H and O–H groups in total. The maximum atomic E-state index is 12.0. The van der Waals surface area contributed by atoms with Crippen molar-refractivity contribution in [1.82, 2.24) is 5.32 Å².